The first-order chi connectivity index (χ1) is 23.1. The third kappa shape index (κ3) is 6.98. The number of rotatable bonds is 4. The van der Waals surface area contributed by atoms with Crippen molar-refractivity contribution >= 4 is 29.3 Å². The van der Waals surface area contributed by atoms with Gasteiger partial charge in [0.1, 0.15) is 23.1 Å². The number of amides is 2. The molecule has 0 spiro atoms. The third-order valence-electron chi connectivity index (χ3n) is 10.7. The van der Waals surface area contributed by atoms with Crippen LogP contribution in [0, 0.1) is 35.2 Å². The van der Waals surface area contributed by atoms with Gasteiger partial charge in [-0.3, -0.25) is 4.79 Å². The fourth-order valence-corrected chi connectivity index (χ4v) is 9.02. The summed E-state index contributed by atoms with van der Waals surface area (Å²) < 4.78 is 12.0. The van der Waals surface area contributed by atoms with Gasteiger partial charge in [-0.2, -0.15) is 0 Å². The number of hydrogen-bond donors (Lipinski definition) is 0. The standard InChI is InChI=1S/C39H48ClN5O4/c1-37(2,3)49-36(47)44-21-17-27(18-22-44)43-19-15-25(16-20-43)9-10-26-11-13-29-32(42-26)24-45(33(29)46)34-38(4,5)35(39(34,6)7)48-28-12-14-31(41-8)30(40)23-28/h11-14,23,25,27,34-35H,15-22,24H2,1-7H3. The van der Waals surface area contributed by atoms with Crippen LogP contribution in [0.5, 0.6) is 5.75 Å². The molecule has 2 saturated heterocycles. The zero-order chi connectivity index (χ0) is 35.3. The van der Waals surface area contributed by atoms with Crippen molar-refractivity contribution in [1.29, 1.82) is 0 Å². The molecule has 10 heteroatoms. The molecule has 49 heavy (non-hydrogen) atoms. The molecule has 6 rings (SSSR count). The van der Waals surface area contributed by atoms with E-state index in [1.807, 2.05) is 42.7 Å². The minimum atomic E-state index is -0.472. The lowest BCUT2D eigenvalue weighted by Gasteiger charge is -2.65. The Hall–Kier alpha value is -3.79. The molecule has 4 heterocycles. The van der Waals surface area contributed by atoms with Crippen LogP contribution in [0.1, 0.15) is 95.9 Å². The maximum atomic E-state index is 13.7. The van der Waals surface area contributed by atoms with Gasteiger partial charge in [-0.15, -0.1) is 0 Å². The third-order valence-corrected chi connectivity index (χ3v) is 11.0. The zero-order valence-electron chi connectivity index (χ0n) is 29.8. The summed E-state index contributed by atoms with van der Waals surface area (Å²) in [6, 6.07) is 9.35. The van der Waals surface area contributed by atoms with Crippen molar-refractivity contribution < 1.29 is 19.1 Å². The van der Waals surface area contributed by atoms with E-state index in [1.54, 1.807) is 18.2 Å². The molecule has 3 aliphatic heterocycles. The Morgan fingerprint density at radius 1 is 1.02 bits per heavy atom. The number of fused-ring (bicyclic) bond motifs is 1. The van der Waals surface area contributed by atoms with Crippen molar-refractivity contribution in [3.8, 4) is 17.6 Å². The van der Waals surface area contributed by atoms with E-state index in [0.717, 1.165) is 57.6 Å². The molecular formula is C39H48ClN5O4. The molecule has 0 bridgehead atoms. The number of likely N-dealkylation sites (tertiary alicyclic amines) is 2. The van der Waals surface area contributed by atoms with Crippen molar-refractivity contribution in [2.45, 2.75) is 104 Å². The molecule has 4 aliphatic rings. The average molecular weight is 686 g/mol. The van der Waals surface area contributed by atoms with Crippen LogP contribution >= 0.6 is 11.6 Å². The Bertz CT molecular complexity index is 1700. The molecule has 1 aliphatic carbocycles. The fraction of sp³-hybridized carbons (Fsp3) is 0.590. The first kappa shape index (κ1) is 35.1. The molecule has 3 fully saturated rings. The molecule has 1 saturated carbocycles. The number of benzene rings is 1. The largest absolute Gasteiger partial charge is 0.489 e. The molecule has 2 aromatic rings. The predicted octanol–water partition coefficient (Wildman–Crippen LogP) is 7.59. The van der Waals surface area contributed by atoms with Gasteiger partial charge in [0, 0.05) is 41.9 Å². The van der Waals surface area contributed by atoms with Crippen LogP contribution in [-0.4, -0.2) is 81.7 Å². The van der Waals surface area contributed by atoms with Crippen LogP contribution in [0.25, 0.3) is 4.85 Å². The predicted molar refractivity (Wildman–Crippen MR) is 190 cm³/mol. The van der Waals surface area contributed by atoms with Crippen LogP contribution in [0.15, 0.2) is 30.3 Å². The molecule has 9 nitrogen and oxygen atoms in total. The van der Waals surface area contributed by atoms with E-state index in [1.165, 1.54) is 0 Å². The van der Waals surface area contributed by atoms with Crippen LogP contribution in [-0.2, 0) is 11.3 Å². The van der Waals surface area contributed by atoms with Gasteiger partial charge in [0.15, 0.2) is 0 Å². The van der Waals surface area contributed by atoms with Gasteiger partial charge in [0.05, 0.1) is 29.4 Å². The number of carbonyl (C=O) groups is 2. The van der Waals surface area contributed by atoms with Crippen LogP contribution in [0.2, 0.25) is 5.02 Å². The van der Waals surface area contributed by atoms with E-state index in [-0.39, 0.29) is 35.0 Å². The Labute approximate surface area is 296 Å². The summed E-state index contributed by atoms with van der Waals surface area (Å²) >= 11 is 6.28. The Morgan fingerprint density at radius 2 is 1.69 bits per heavy atom. The number of ether oxygens (including phenoxy) is 2. The topological polar surface area (TPSA) is 79.6 Å². The summed E-state index contributed by atoms with van der Waals surface area (Å²) in [6.45, 7) is 25.5. The number of hydrogen-bond acceptors (Lipinski definition) is 6. The van der Waals surface area contributed by atoms with Crippen LogP contribution in [0.4, 0.5) is 10.5 Å². The molecule has 1 aromatic heterocycles. The summed E-state index contributed by atoms with van der Waals surface area (Å²) in [5.74, 6) is 7.74. The summed E-state index contributed by atoms with van der Waals surface area (Å²) in [5.41, 5.74) is 1.39. The fourth-order valence-electron chi connectivity index (χ4n) is 8.81. The molecule has 260 valence electrons. The lowest BCUT2D eigenvalue weighted by molar-refractivity contribution is -0.199. The minimum Gasteiger partial charge on any atom is -0.489 e. The molecule has 0 unspecified atom stereocenters. The molecule has 2 amide bonds. The minimum absolute atomic E-state index is 0.000337. The second kappa shape index (κ2) is 13.2. The number of nitrogens with zero attached hydrogens (tertiary/aromatic N) is 5. The zero-order valence-corrected chi connectivity index (χ0v) is 30.6. The number of carbonyl (C=O) groups excluding carboxylic acids is 2. The van der Waals surface area contributed by atoms with E-state index in [9.17, 15) is 9.59 Å². The van der Waals surface area contributed by atoms with Crippen molar-refractivity contribution in [1.82, 2.24) is 19.7 Å². The average Bonchev–Trinajstić information content (AvgIpc) is 3.35. The number of aromatic nitrogens is 1. The van der Waals surface area contributed by atoms with Crippen molar-refractivity contribution in [3.63, 3.8) is 0 Å². The van der Waals surface area contributed by atoms with Crippen LogP contribution < -0.4 is 4.74 Å². The maximum Gasteiger partial charge on any atom is 0.410 e. The second-order valence-corrected chi connectivity index (χ2v) is 16.6. The molecule has 0 N–H and O–H groups in total. The lowest BCUT2D eigenvalue weighted by atomic mass is 9.49. The number of piperidine rings is 2. The van der Waals surface area contributed by atoms with Gasteiger partial charge < -0.3 is 24.2 Å². The first-order valence-corrected chi connectivity index (χ1v) is 17.8. The SMILES string of the molecule is [C-]#[N+]c1ccc(OC2C(C)(C)C(N3Cc4nc(C#CC5CCN(C6CCN(C(=O)OC(C)(C)C)CC6)CC5)ccc4C3=O)C2(C)C)cc1Cl. The summed E-state index contributed by atoms with van der Waals surface area (Å²) in [5, 5.41) is 0.369. The van der Waals surface area contributed by atoms with Gasteiger partial charge in [-0.25, -0.2) is 14.6 Å². The lowest BCUT2D eigenvalue weighted by Crippen LogP contribution is -2.74. The molecule has 0 atom stereocenters. The van der Waals surface area contributed by atoms with E-state index in [0.29, 0.717) is 46.2 Å². The highest BCUT2D eigenvalue weighted by molar-refractivity contribution is 6.33. The monoisotopic (exact) mass is 685 g/mol. The number of halogens is 1. The van der Waals surface area contributed by atoms with E-state index in [4.69, 9.17) is 32.6 Å². The van der Waals surface area contributed by atoms with Gasteiger partial charge in [-0.05, 0) is 89.7 Å². The van der Waals surface area contributed by atoms with Crippen LogP contribution in [0.3, 0.4) is 0 Å². The van der Waals surface area contributed by atoms with E-state index >= 15 is 0 Å². The molecule has 1 aromatic carbocycles. The van der Waals surface area contributed by atoms with Gasteiger partial charge >= 0.3 is 6.09 Å². The van der Waals surface area contributed by atoms with Gasteiger partial charge in [0.25, 0.3) is 5.91 Å². The molecule has 0 radical (unpaired) electrons. The van der Waals surface area contributed by atoms with Gasteiger partial charge in [-0.1, -0.05) is 51.3 Å². The first-order valence-electron chi connectivity index (χ1n) is 17.5. The summed E-state index contributed by atoms with van der Waals surface area (Å²) in [6.07, 6.45) is 3.60. The van der Waals surface area contributed by atoms with Gasteiger partial charge in [0.2, 0.25) is 5.69 Å². The summed E-state index contributed by atoms with van der Waals surface area (Å²) in [7, 11) is 0. The highest BCUT2D eigenvalue weighted by Crippen LogP contribution is 2.59. The quantitative estimate of drug-likeness (QED) is 0.244. The Morgan fingerprint density at radius 3 is 2.31 bits per heavy atom. The van der Waals surface area contributed by atoms with Crippen molar-refractivity contribution in [3.05, 3.63) is 63.7 Å². The van der Waals surface area contributed by atoms with Crippen molar-refractivity contribution in [2.24, 2.45) is 16.7 Å². The summed E-state index contributed by atoms with van der Waals surface area (Å²) in [4.78, 5) is 40.8. The highest BCUT2D eigenvalue weighted by Gasteiger charge is 2.67. The van der Waals surface area contributed by atoms with E-state index < -0.39 is 5.60 Å². The van der Waals surface area contributed by atoms with E-state index in [2.05, 4.69) is 49.3 Å². The Kier molecular flexibility index (Phi) is 9.41. The highest BCUT2D eigenvalue weighted by atomic mass is 35.5. The second-order valence-electron chi connectivity index (χ2n) is 16.2. The normalized spacial score (nSPS) is 23.9. The van der Waals surface area contributed by atoms with Crippen molar-refractivity contribution in [2.75, 3.05) is 26.2 Å². The molecular weight excluding hydrogens is 638 g/mol. The smallest absolute Gasteiger partial charge is 0.410 e. The maximum absolute atomic E-state index is 13.7. The Balaban J connectivity index is 1.03. The number of pyridine rings is 1.